The highest BCUT2D eigenvalue weighted by Gasteiger charge is 2.41. The summed E-state index contributed by atoms with van der Waals surface area (Å²) in [6.07, 6.45) is 0.0220. The van der Waals surface area contributed by atoms with Gasteiger partial charge in [-0.15, -0.1) is 0 Å². The Morgan fingerprint density at radius 1 is 0.826 bits per heavy atom. The summed E-state index contributed by atoms with van der Waals surface area (Å²) >= 11 is 0. The number of nitrogens with one attached hydrogen (secondary N) is 2. The van der Waals surface area contributed by atoms with E-state index in [1.807, 2.05) is 90.1 Å². The quantitative estimate of drug-likeness (QED) is 0.254. The fraction of sp³-hybridized carbons (Fsp3) is 0.568. The van der Waals surface area contributed by atoms with Gasteiger partial charge in [-0.1, -0.05) is 74.9 Å². The predicted molar refractivity (Wildman–Crippen MR) is 181 cm³/mol. The summed E-state index contributed by atoms with van der Waals surface area (Å²) in [6.45, 7) is 21.9. The SMILES string of the molecule is CCC(C)N(C(=O)C(NC(=O)OC(C)(C)C)C(C)C)C(C(=O)NC(Cc1ccccc1)C(=O)OC(C)(C)C)c1cc(C)ccc1C. The van der Waals surface area contributed by atoms with Crippen molar-refractivity contribution in [2.45, 2.75) is 131 Å². The van der Waals surface area contributed by atoms with Crippen molar-refractivity contribution in [3.8, 4) is 0 Å². The number of ether oxygens (including phenoxy) is 2. The van der Waals surface area contributed by atoms with E-state index >= 15 is 0 Å². The highest BCUT2D eigenvalue weighted by atomic mass is 16.6. The summed E-state index contributed by atoms with van der Waals surface area (Å²) in [7, 11) is 0. The van der Waals surface area contributed by atoms with E-state index in [2.05, 4.69) is 10.6 Å². The highest BCUT2D eigenvalue weighted by Crippen LogP contribution is 2.30. The molecule has 0 aliphatic rings. The average molecular weight is 638 g/mol. The first-order valence-corrected chi connectivity index (χ1v) is 16.2. The Labute approximate surface area is 275 Å². The van der Waals surface area contributed by atoms with Crippen LogP contribution < -0.4 is 10.6 Å². The topological polar surface area (TPSA) is 114 Å². The number of nitrogens with zero attached hydrogens (tertiary/aromatic N) is 1. The van der Waals surface area contributed by atoms with Crippen LogP contribution in [0.2, 0.25) is 0 Å². The van der Waals surface area contributed by atoms with Gasteiger partial charge >= 0.3 is 12.1 Å². The van der Waals surface area contributed by atoms with E-state index in [1.165, 1.54) is 0 Å². The molecule has 2 N–H and O–H groups in total. The van der Waals surface area contributed by atoms with Crippen LogP contribution in [0.3, 0.4) is 0 Å². The largest absolute Gasteiger partial charge is 0.458 e. The van der Waals surface area contributed by atoms with E-state index in [4.69, 9.17) is 9.47 Å². The van der Waals surface area contributed by atoms with Crippen molar-refractivity contribution in [1.29, 1.82) is 0 Å². The predicted octanol–water partition coefficient (Wildman–Crippen LogP) is 6.59. The van der Waals surface area contributed by atoms with Crippen molar-refractivity contribution in [3.05, 3.63) is 70.8 Å². The third kappa shape index (κ3) is 11.5. The molecule has 0 saturated heterocycles. The molecule has 3 amide bonds. The Bertz CT molecular complexity index is 1340. The zero-order valence-electron chi connectivity index (χ0n) is 29.8. The van der Waals surface area contributed by atoms with Crippen molar-refractivity contribution in [1.82, 2.24) is 15.5 Å². The number of hydrogen-bond acceptors (Lipinski definition) is 6. The zero-order valence-corrected chi connectivity index (χ0v) is 29.8. The van der Waals surface area contributed by atoms with Crippen LogP contribution in [0.4, 0.5) is 4.79 Å². The van der Waals surface area contributed by atoms with Crippen molar-refractivity contribution < 1.29 is 28.7 Å². The van der Waals surface area contributed by atoms with E-state index in [0.29, 0.717) is 12.0 Å². The molecule has 9 heteroatoms. The molecule has 0 heterocycles. The molecular formula is C37H55N3O6. The van der Waals surface area contributed by atoms with Gasteiger partial charge in [-0.2, -0.15) is 0 Å². The number of amides is 3. The van der Waals surface area contributed by atoms with Gasteiger partial charge in [0, 0.05) is 12.5 Å². The first-order chi connectivity index (χ1) is 21.2. The average Bonchev–Trinajstić information content (AvgIpc) is 2.93. The van der Waals surface area contributed by atoms with Crippen LogP contribution in [0.15, 0.2) is 48.5 Å². The standard InChI is InChI=1S/C37H55N3O6/c1-13-26(6)40(33(42)30(23(2)3)39-35(44)46-37(10,11)12)31(28-21-24(4)19-20-25(28)5)32(41)38-29(34(43)45-36(7,8)9)22-27-17-15-14-16-18-27/h14-21,23,26,29-31H,13,22H2,1-12H3,(H,38,41)(H,39,44). The summed E-state index contributed by atoms with van der Waals surface area (Å²) in [5, 5.41) is 5.73. The van der Waals surface area contributed by atoms with Gasteiger partial charge in [0.15, 0.2) is 0 Å². The number of carbonyl (C=O) groups excluding carboxylic acids is 4. The Morgan fingerprint density at radius 3 is 1.93 bits per heavy atom. The molecule has 0 spiro atoms. The summed E-state index contributed by atoms with van der Waals surface area (Å²) in [4.78, 5) is 57.2. The summed E-state index contributed by atoms with van der Waals surface area (Å²) < 4.78 is 11.2. The van der Waals surface area contributed by atoms with E-state index in [9.17, 15) is 19.2 Å². The lowest BCUT2D eigenvalue weighted by Gasteiger charge is -2.40. The molecule has 2 rings (SSSR count). The second kappa shape index (κ2) is 16.1. The van der Waals surface area contributed by atoms with Gasteiger partial charge in [0.1, 0.15) is 29.3 Å². The summed E-state index contributed by atoms with van der Waals surface area (Å²) in [5.41, 5.74) is 1.66. The minimum Gasteiger partial charge on any atom is -0.458 e. The number of carbonyl (C=O) groups is 4. The molecule has 0 fully saturated rings. The molecule has 0 aromatic heterocycles. The third-order valence-electron chi connectivity index (χ3n) is 7.47. The number of hydrogen-bond donors (Lipinski definition) is 2. The smallest absolute Gasteiger partial charge is 0.408 e. The third-order valence-corrected chi connectivity index (χ3v) is 7.47. The maximum atomic E-state index is 14.6. The minimum atomic E-state index is -1.11. The molecule has 0 bridgehead atoms. The zero-order chi connectivity index (χ0) is 35.0. The number of rotatable bonds is 12. The molecule has 46 heavy (non-hydrogen) atoms. The molecule has 2 aromatic carbocycles. The molecule has 4 unspecified atom stereocenters. The number of alkyl carbamates (subject to hydrolysis) is 1. The van der Waals surface area contributed by atoms with E-state index in [1.54, 1.807) is 46.4 Å². The fourth-order valence-electron chi connectivity index (χ4n) is 5.04. The summed E-state index contributed by atoms with van der Waals surface area (Å²) in [6, 6.07) is 11.6. The molecule has 0 aliphatic heterocycles. The maximum absolute atomic E-state index is 14.6. The van der Waals surface area contributed by atoms with E-state index in [0.717, 1.165) is 16.7 Å². The summed E-state index contributed by atoms with van der Waals surface area (Å²) in [5.74, 6) is -1.83. The van der Waals surface area contributed by atoms with Crippen molar-refractivity contribution in [2.24, 2.45) is 5.92 Å². The van der Waals surface area contributed by atoms with Crippen molar-refractivity contribution in [2.75, 3.05) is 0 Å². The second-order valence-corrected chi connectivity index (χ2v) is 14.4. The van der Waals surface area contributed by atoms with Crippen LogP contribution in [0.25, 0.3) is 0 Å². The normalized spacial score (nSPS) is 14.5. The molecular weight excluding hydrogens is 582 g/mol. The lowest BCUT2D eigenvalue weighted by atomic mass is 9.93. The van der Waals surface area contributed by atoms with Gasteiger partial charge in [0.05, 0.1) is 0 Å². The van der Waals surface area contributed by atoms with Crippen molar-refractivity contribution in [3.63, 3.8) is 0 Å². The molecule has 0 aliphatic carbocycles. The van der Waals surface area contributed by atoms with Crippen LogP contribution in [0.5, 0.6) is 0 Å². The Morgan fingerprint density at radius 2 is 1.41 bits per heavy atom. The van der Waals surface area contributed by atoms with Gasteiger partial charge in [-0.25, -0.2) is 9.59 Å². The number of aryl methyl sites for hydroxylation is 2. The van der Waals surface area contributed by atoms with Crippen LogP contribution in [0.1, 0.15) is 104 Å². The molecule has 0 saturated carbocycles. The molecule has 2 aromatic rings. The maximum Gasteiger partial charge on any atom is 0.408 e. The van der Waals surface area contributed by atoms with Crippen LogP contribution in [-0.2, 0) is 30.3 Å². The highest BCUT2D eigenvalue weighted by molar-refractivity contribution is 5.94. The van der Waals surface area contributed by atoms with Crippen LogP contribution in [0, 0.1) is 19.8 Å². The van der Waals surface area contributed by atoms with Crippen molar-refractivity contribution >= 4 is 23.9 Å². The Balaban J connectivity index is 2.68. The minimum absolute atomic E-state index is 0.201. The second-order valence-electron chi connectivity index (χ2n) is 14.4. The Hall–Kier alpha value is -3.88. The number of benzene rings is 2. The molecule has 4 atom stereocenters. The number of esters is 1. The first kappa shape index (κ1) is 38.3. The van der Waals surface area contributed by atoms with E-state index in [-0.39, 0.29) is 12.3 Å². The lowest BCUT2D eigenvalue weighted by Crippen LogP contribution is -2.58. The fourth-order valence-corrected chi connectivity index (χ4v) is 5.04. The van der Waals surface area contributed by atoms with Gasteiger partial charge in [-0.3, -0.25) is 9.59 Å². The van der Waals surface area contributed by atoms with Gasteiger partial charge in [0.25, 0.3) is 0 Å². The lowest BCUT2D eigenvalue weighted by molar-refractivity contribution is -0.159. The molecule has 254 valence electrons. The first-order valence-electron chi connectivity index (χ1n) is 16.2. The van der Waals surface area contributed by atoms with Gasteiger partial charge in [-0.05, 0) is 91.3 Å². The van der Waals surface area contributed by atoms with Gasteiger partial charge < -0.3 is 25.0 Å². The Kier molecular flexibility index (Phi) is 13.4. The van der Waals surface area contributed by atoms with Crippen LogP contribution >= 0.6 is 0 Å². The molecule has 0 radical (unpaired) electrons. The van der Waals surface area contributed by atoms with E-state index < -0.39 is 59.2 Å². The van der Waals surface area contributed by atoms with Crippen LogP contribution in [-0.4, -0.2) is 58.1 Å². The van der Waals surface area contributed by atoms with Gasteiger partial charge in [0.2, 0.25) is 11.8 Å². The monoisotopic (exact) mass is 637 g/mol. The molecule has 9 nitrogen and oxygen atoms in total.